The van der Waals surface area contributed by atoms with Crippen LogP contribution in [0, 0.1) is 6.92 Å². The van der Waals surface area contributed by atoms with Gasteiger partial charge in [0.05, 0.1) is 6.54 Å². The Morgan fingerprint density at radius 2 is 2.06 bits per heavy atom. The van der Waals surface area contributed by atoms with Crippen molar-refractivity contribution in [2.45, 2.75) is 6.92 Å². The van der Waals surface area contributed by atoms with Crippen molar-refractivity contribution >= 4 is 17.3 Å². The molecule has 1 aromatic rings. The van der Waals surface area contributed by atoms with Crippen molar-refractivity contribution in [3.8, 4) is 5.75 Å². The average Bonchev–Trinajstić information content (AvgIpc) is 2.34. The molecule has 4 heteroatoms. The first-order valence-electron chi connectivity index (χ1n) is 5.54. The molecule has 0 unspecified atom stereocenters. The van der Waals surface area contributed by atoms with Crippen LogP contribution >= 0.6 is 12.2 Å². The molecule has 0 fully saturated rings. The van der Waals surface area contributed by atoms with E-state index in [4.69, 9.17) is 17.0 Å². The summed E-state index contributed by atoms with van der Waals surface area (Å²) in [5.74, 6) is 0.877. The summed E-state index contributed by atoms with van der Waals surface area (Å²) in [7, 11) is 0. The number of nitrogens with one attached hydrogen (secondary N) is 2. The number of hydrogen-bond donors (Lipinski definition) is 2. The summed E-state index contributed by atoms with van der Waals surface area (Å²) < 4.78 is 5.55. The van der Waals surface area contributed by atoms with Gasteiger partial charge in [-0.05, 0) is 31.3 Å². The molecule has 0 amide bonds. The van der Waals surface area contributed by atoms with Crippen molar-refractivity contribution < 1.29 is 4.74 Å². The SMILES string of the molecule is C=CCNC(=S)NCCOc1ccc(C)cc1. The van der Waals surface area contributed by atoms with E-state index in [1.165, 1.54) is 5.56 Å². The first-order valence-corrected chi connectivity index (χ1v) is 5.95. The molecule has 0 saturated carbocycles. The second-order valence-electron chi connectivity index (χ2n) is 3.59. The highest BCUT2D eigenvalue weighted by Crippen LogP contribution is 2.10. The maximum absolute atomic E-state index is 5.55. The number of aryl methyl sites for hydroxylation is 1. The van der Waals surface area contributed by atoms with E-state index in [9.17, 15) is 0 Å². The molecule has 0 aliphatic heterocycles. The predicted octanol–water partition coefficient (Wildman–Crippen LogP) is 2.02. The summed E-state index contributed by atoms with van der Waals surface area (Å²) in [6.07, 6.45) is 1.76. The van der Waals surface area contributed by atoms with E-state index in [2.05, 4.69) is 24.1 Å². The number of ether oxygens (including phenoxy) is 1. The Morgan fingerprint density at radius 3 is 2.71 bits per heavy atom. The third kappa shape index (κ3) is 5.92. The van der Waals surface area contributed by atoms with Gasteiger partial charge in [-0.2, -0.15) is 0 Å². The van der Waals surface area contributed by atoms with Crippen LogP contribution in [0.1, 0.15) is 5.56 Å². The molecule has 0 saturated heterocycles. The molecule has 0 aliphatic carbocycles. The third-order valence-corrected chi connectivity index (χ3v) is 2.37. The van der Waals surface area contributed by atoms with E-state index in [-0.39, 0.29) is 0 Å². The summed E-state index contributed by atoms with van der Waals surface area (Å²) in [5.41, 5.74) is 1.23. The van der Waals surface area contributed by atoms with Gasteiger partial charge in [0.2, 0.25) is 0 Å². The molecule has 1 rings (SSSR count). The van der Waals surface area contributed by atoms with E-state index in [1.807, 2.05) is 24.3 Å². The highest BCUT2D eigenvalue weighted by molar-refractivity contribution is 7.80. The third-order valence-electron chi connectivity index (χ3n) is 2.08. The molecule has 0 aliphatic rings. The average molecular weight is 250 g/mol. The van der Waals surface area contributed by atoms with Gasteiger partial charge in [-0.25, -0.2) is 0 Å². The lowest BCUT2D eigenvalue weighted by atomic mass is 10.2. The van der Waals surface area contributed by atoms with Gasteiger partial charge < -0.3 is 15.4 Å². The van der Waals surface area contributed by atoms with Crippen LogP contribution in [0.4, 0.5) is 0 Å². The Balaban J connectivity index is 2.13. The molecule has 2 N–H and O–H groups in total. The van der Waals surface area contributed by atoms with Gasteiger partial charge in [0.1, 0.15) is 12.4 Å². The zero-order valence-corrected chi connectivity index (χ0v) is 10.8. The first kappa shape index (κ1) is 13.5. The Labute approximate surface area is 108 Å². The van der Waals surface area contributed by atoms with Crippen LogP contribution in [0.5, 0.6) is 5.75 Å². The largest absolute Gasteiger partial charge is 0.492 e. The highest BCUT2D eigenvalue weighted by Gasteiger charge is 1.94. The second kappa shape index (κ2) is 7.68. The van der Waals surface area contributed by atoms with Gasteiger partial charge >= 0.3 is 0 Å². The lowest BCUT2D eigenvalue weighted by molar-refractivity contribution is 0.322. The van der Waals surface area contributed by atoms with Crippen molar-refractivity contribution in [2.75, 3.05) is 19.7 Å². The van der Waals surface area contributed by atoms with Crippen molar-refractivity contribution in [1.29, 1.82) is 0 Å². The van der Waals surface area contributed by atoms with Gasteiger partial charge in [0.25, 0.3) is 0 Å². The maximum Gasteiger partial charge on any atom is 0.166 e. The van der Waals surface area contributed by atoms with Crippen LogP contribution in [0.2, 0.25) is 0 Å². The van der Waals surface area contributed by atoms with Crippen molar-refractivity contribution in [1.82, 2.24) is 10.6 Å². The molecule has 0 spiro atoms. The van der Waals surface area contributed by atoms with E-state index in [0.717, 1.165) is 5.75 Å². The lowest BCUT2D eigenvalue weighted by Crippen LogP contribution is -2.37. The zero-order valence-electron chi connectivity index (χ0n) is 10.0. The van der Waals surface area contributed by atoms with E-state index in [0.29, 0.717) is 24.8 Å². The molecule has 0 radical (unpaired) electrons. The zero-order chi connectivity index (χ0) is 12.5. The summed E-state index contributed by atoms with van der Waals surface area (Å²) in [6, 6.07) is 7.98. The predicted molar refractivity (Wildman–Crippen MR) is 75.5 cm³/mol. The molecule has 0 heterocycles. The lowest BCUT2D eigenvalue weighted by Gasteiger charge is -2.10. The van der Waals surface area contributed by atoms with Gasteiger partial charge in [-0.1, -0.05) is 23.8 Å². The van der Waals surface area contributed by atoms with Crippen LogP contribution in [0.15, 0.2) is 36.9 Å². The van der Waals surface area contributed by atoms with E-state index in [1.54, 1.807) is 6.08 Å². The fourth-order valence-electron chi connectivity index (χ4n) is 1.20. The molecule has 0 atom stereocenters. The van der Waals surface area contributed by atoms with Gasteiger partial charge in [-0.15, -0.1) is 6.58 Å². The van der Waals surface area contributed by atoms with E-state index < -0.39 is 0 Å². The van der Waals surface area contributed by atoms with Crippen molar-refractivity contribution in [3.05, 3.63) is 42.5 Å². The Morgan fingerprint density at radius 1 is 1.35 bits per heavy atom. The minimum Gasteiger partial charge on any atom is -0.492 e. The molecular weight excluding hydrogens is 232 g/mol. The number of rotatable bonds is 6. The Kier molecular flexibility index (Phi) is 6.10. The highest BCUT2D eigenvalue weighted by atomic mass is 32.1. The van der Waals surface area contributed by atoms with Crippen LogP contribution in [0.25, 0.3) is 0 Å². The molecule has 0 aromatic heterocycles. The minimum atomic E-state index is 0.582. The maximum atomic E-state index is 5.55. The van der Waals surface area contributed by atoms with Crippen molar-refractivity contribution in [3.63, 3.8) is 0 Å². The quantitative estimate of drug-likeness (QED) is 0.460. The molecule has 17 heavy (non-hydrogen) atoms. The first-order chi connectivity index (χ1) is 8.22. The van der Waals surface area contributed by atoms with Crippen molar-refractivity contribution in [2.24, 2.45) is 0 Å². The molecular formula is C13H18N2OS. The van der Waals surface area contributed by atoms with Gasteiger partial charge in [0, 0.05) is 6.54 Å². The fraction of sp³-hybridized carbons (Fsp3) is 0.308. The monoisotopic (exact) mass is 250 g/mol. The summed E-state index contributed by atoms with van der Waals surface area (Å²) in [6.45, 7) is 7.58. The standard InChI is InChI=1S/C13H18N2OS/c1-3-8-14-13(17)15-9-10-16-12-6-4-11(2)5-7-12/h3-7H,1,8-10H2,2H3,(H2,14,15,17). The second-order valence-corrected chi connectivity index (χ2v) is 4.00. The smallest absolute Gasteiger partial charge is 0.166 e. The number of hydrogen-bond acceptors (Lipinski definition) is 2. The summed E-state index contributed by atoms with van der Waals surface area (Å²) >= 11 is 5.04. The topological polar surface area (TPSA) is 33.3 Å². The molecule has 1 aromatic carbocycles. The number of benzene rings is 1. The Bertz CT molecular complexity index is 362. The normalized spacial score (nSPS) is 9.47. The minimum absolute atomic E-state index is 0.582. The van der Waals surface area contributed by atoms with E-state index >= 15 is 0 Å². The number of thiocarbonyl (C=S) groups is 1. The molecule has 0 bridgehead atoms. The van der Waals surface area contributed by atoms with Crippen LogP contribution < -0.4 is 15.4 Å². The summed E-state index contributed by atoms with van der Waals surface area (Å²) in [5, 5.41) is 6.65. The molecule has 3 nitrogen and oxygen atoms in total. The van der Waals surface area contributed by atoms with Crippen LogP contribution in [-0.2, 0) is 0 Å². The fourth-order valence-corrected chi connectivity index (χ4v) is 1.38. The van der Waals surface area contributed by atoms with Crippen LogP contribution in [0.3, 0.4) is 0 Å². The summed E-state index contributed by atoms with van der Waals surface area (Å²) in [4.78, 5) is 0. The molecule has 92 valence electrons. The van der Waals surface area contributed by atoms with Gasteiger partial charge in [0.15, 0.2) is 5.11 Å². The Hall–Kier alpha value is -1.55. The van der Waals surface area contributed by atoms with Crippen LogP contribution in [-0.4, -0.2) is 24.8 Å². The van der Waals surface area contributed by atoms with Gasteiger partial charge in [-0.3, -0.25) is 0 Å².